The van der Waals surface area contributed by atoms with Gasteiger partial charge in [-0.3, -0.25) is 0 Å². The highest BCUT2D eigenvalue weighted by atomic mass is 35.5. The van der Waals surface area contributed by atoms with Gasteiger partial charge < -0.3 is 19.8 Å². The van der Waals surface area contributed by atoms with Crippen LogP contribution in [0.5, 0.6) is 5.88 Å². The zero-order valence-corrected chi connectivity index (χ0v) is 12.1. The Morgan fingerprint density at radius 1 is 1.70 bits per heavy atom. The van der Waals surface area contributed by atoms with E-state index in [4.69, 9.17) is 21.4 Å². The molecule has 2 heterocycles. The van der Waals surface area contributed by atoms with Crippen molar-refractivity contribution < 1.29 is 19.7 Å². The Bertz CT molecular complexity index is 525. The van der Waals surface area contributed by atoms with Crippen molar-refractivity contribution in [3.63, 3.8) is 0 Å². The first-order valence-electron chi connectivity index (χ1n) is 6.25. The lowest BCUT2D eigenvalue weighted by molar-refractivity contribution is 0.0485. The van der Waals surface area contributed by atoms with Crippen LogP contribution in [0.1, 0.15) is 18.9 Å². The smallest absolute Gasteiger partial charge is 0.407 e. The van der Waals surface area contributed by atoms with Crippen molar-refractivity contribution in [3.05, 3.63) is 22.8 Å². The van der Waals surface area contributed by atoms with Crippen LogP contribution in [0, 0.1) is 0 Å². The standard InChI is InChI=1S/C13H17ClN2O4/c1-8-5-13(19,7-16(8)12(17)18)6-9-10(14)3-4-15-11(9)20-2/h3-4,8,19H,5-7H2,1-2H3,(H,17,18)/t8-,13-/m0/s1. The number of rotatable bonds is 3. The molecule has 1 aromatic rings. The number of aliphatic hydroxyl groups is 1. The molecule has 1 aliphatic rings. The van der Waals surface area contributed by atoms with Gasteiger partial charge in [0.1, 0.15) is 0 Å². The summed E-state index contributed by atoms with van der Waals surface area (Å²) < 4.78 is 5.15. The van der Waals surface area contributed by atoms with Crippen molar-refractivity contribution in [3.8, 4) is 5.88 Å². The topological polar surface area (TPSA) is 82.9 Å². The molecule has 0 spiro atoms. The third-order valence-electron chi connectivity index (χ3n) is 3.58. The molecular formula is C13H17ClN2O4. The van der Waals surface area contributed by atoms with E-state index in [9.17, 15) is 9.90 Å². The average molecular weight is 301 g/mol. The van der Waals surface area contributed by atoms with Gasteiger partial charge in [0.25, 0.3) is 0 Å². The number of carbonyl (C=O) groups is 1. The van der Waals surface area contributed by atoms with E-state index in [1.807, 2.05) is 0 Å². The first kappa shape index (κ1) is 14.9. The predicted molar refractivity (Wildman–Crippen MR) is 73.3 cm³/mol. The van der Waals surface area contributed by atoms with Gasteiger partial charge in [0.2, 0.25) is 5.88 Å². The molecule has 2 rings (SSSR count). The van der Waals surface area contributed by atoms with Crippen LogP contribution >= 0.6 is 11.6 Å². The van der Waals surface area contributed by atoms with E-state index in [0.717, 1.165) is 0 Å². The average Bonchev–Trinajstić information content (AvgIpc) is 2.68. The molecule has 1 amide bonds. The van der Waals surface area contributed by atoms with Gasteiger partial charge in [0.05, 0.1) is 24.3 Å². The lowest BCUT2D eigenvalue weighted by atomic mass is 9.92. The fraction of sp³-hybridized carbons (Fsp3) is 0.538. The van der Waals surface area contributed by atoms with Crippen molar-refractivity contribution in [2.75, 3.05) is 13.7 Å². The largest absolute Gasteiger partial charge is 0.481 e. The van der Waals surface area contributed by atoms with Gasteiger partial charge in [-0.2, -0.15) is 0 Å². The molecule has 110 valence electrons. The number of likely N-dealkylation sites (tertiary alicyclic amines) is 1. The number of carboxylic acid groups (broad SMARTS) is 1. The van der Waals surface area contributed by atoms with Crippen LogP contribution in [0.25, 0.3) is 0 Å². The molecule has 0 aromatic carbocycles. The van der Waals surface area contributed by atoms with Crippen LogP contribution in [0.15, 0.2) is 12.3 Å². The Morgan fingerprint density at radius 3 is 2.95 bits per heavy atom. The van der Waals surface area contributed by atoms with E-state index >= 15 is 0 Å². The molecule has 1 aromatic heterocycles. The van der Waals surface area contributed by atoms with Gasteiger partial charge >= 0.3 is 6.09 Å². The summed E-state index contributed by atoms with van der Waals surface area (Å²) in [5.41, 5.74) is -0.559. The maximum absolute atomic E-state index is 11.1. The minimum atomic E-state index is -1.16. The van der Waals surface area contributed by atoms with E-state index in [2.05, 4.69) is 4.98 Å². The van der Waals surface area contributed by atoms with Crippen molar-refractivity contribution in [1.29, 1.82) is 0 Å². The molecule has 7 heteroatoms. The number of methoxy groups -OCH3 is 1. The number of halogens is 1. The number of β-amino-alcohol motifs (C(OH)–C–C–N with tert-alkyl or cyclic N) is 1. The van der Waals surface area contributed by atoms with Gasteiger partial charge in [-0.1, -0.05) is 11.6 Å². The number of aromatic nitrogens is 1. The van der Waals surface area contributed by atoms with Crippen LogP contribution in [-0.4, -0.2) is 51.5 Å². The van der Waals surface area contributed by atoms with E-state index in [-0.39, 0.29) is 19.0 Å². The second-order valence-electron chi connectivity index (χ2n) is 5.15. The quantitative estimate of drug-likeness (QED) is 0.889. The monoisotopic (exact) mass is 300 g/mol. The van der Waals surface area contributed by atoms with Gasteiger partial charge in [0.15, 0.2) is 0 Å². The lowest BCUT2D eigenvalue weighted by Gasteiger charge is -2.23. The first-order chi connectivity index (χ1) is 9.36. The molecule has 0 unspecified atom stereocenters. The highest BCUT2D eigenvalue weighted by Crippen LogP contribution is 2.34. The summed E-state index contributed by atoms with van der Waals surface area (Å²) in [4.78, 5) is 16.4. The van der Waals surface area contributed by atoms with Gasteiger partial charge in [0, 0.05) is 24.2 Å². The summed E-state index contributed by atoms with van der Waals surface area (Å²) in [6.45, 7) is 1.83. The zero-order chi connectivity index (χ0) is 14.9. The van der Waals surface area contributed by atoms with Gasteiger partial charge in [-0.15, -0.1) is 0 Å². The summed E-state index contributed by atoms with van der Waals surface area (Å²) >= 11 is 6.12. The second-order valence-corrected chi connectivity index (χ2v) is 5.55. The highest BCUT2D eigenvalue weighted by molar-refractivity contribution is 6.31. The summed E-state index contributed by atoms with van der Waals surface area (Å²) in [7, 11) is 1.48. The van der Waals surface area contributed by atoms with E-state index in [1.165, 1.54) is 18.2 Å². The molecule has 0 aliphatic carbocycles. The van der Waals surface area contributed by atoms with E-state index in [1.54, 1.807) is 13.0 Å². The Balaban J connectivity index is 2.24. The predicted octanol–water partition coefficient (Wildman–Crippen LogP) is 1.79. The zero-order valence-electron chi connectivity index (χ0n) is 11.3. The van der Waals surface area contributed by atoms with E-state index < -0.39 is 11.7 Å². The fourth-order valence-electron chi connectivity index (χ4n) is 2.70. The summed E-state index contributed by atoms with van der Waals surface area (Å²) in [6, 6.07) is 1.38. The molecule has 1 aliphatic heterocycles. The molecule has 0 radical (unpaired) electrons. The maximum Gasteiger partial charge on any atom is 0.407 e. The Morgan fingerprint density at radius 2 is 2.40 bits per heavy atom. The Hall–Kier alpha value is -1.53. The molecule has 0 bridgehead atoms. The molecule has 20 heavy (non-hydrogen) atoms. The minimum absolute atomic E-state index is 0.0534. The van der Waals surface area contributed by atoms with Crippen molar-refractivity contribution in [1.82, 2.24) is 9.88 Å². The number of ether oxygens (including phenoxy) is 1. The van der Waals surface area contributed by atoms with Crippen molar-refractivity contribution in [2.24, 2.45) is 0 Å². The summed E-state index contributed by atoms with van der Waals surface area (Å²) in [5, 5.41) is 20.2. The normalized spacial score (nSPS) is 25.8. The van der Waals surface area contributed by atoms with Crippen LogP contribution in [0.3, 0.4) is 0 Å². The molecule has 2 atom stereocenters. The number of nitrogens with zero attached hydrogens (tertiary/aromatic N) is 2. The molecule has 1 fully saturated rings. The SMILES string of the molecule is COc1nccc(Cl)c1C[C@@]1(O)C[C@H](C)N(C(=O)O)C1. The number of amides is 1. The second kappa shape index (κ2) is 5.46. The molecule has 1 saturated heterocycles. The van der Waals surface area contributed by atoms with Gasteiger partial charge in [-0.05, 0) is 19.4 Å². The summed E-state index contributed by atoms with van der Waals surface area (Å²) in [5.74, 6) is 0.354. The number of hydrogen-bond acceptors (Lipinski definition) is 4. The number of hydrogen-bond donors (Lipinski definition) is 2. The Kier molecular flexibility index (Phi) is 4.06. The maximum atomic E-state index is 11.1. The number of pyridine rings is 1. The van der Waals surface area contributed by atoms with Crippen molar-refractivity contribution in [2.45, 2.75) is 31.4 Å². The summed E-state index contributed by atoms with van der Waals surface area (Å²) in [6.07, 6.45) is 1.05. The van der Waals surface area contributed by atoms with Crippen LogP contribution < -0.4 is 4.74 Å². The lowest BCUT2D eigenvalue weighted by Crippen LogP contribution is -2.38. The fourth-order valence-corrected chi connectivity index (χ4v) is 2.90. The van der Waals surface area contributed by atoms with E-state index in [0.29, 0.717) is 22.9 Å². The molecule has 6 nitrogen and oxygen atoms in total. The van der Waals surface area contributed by atoms with Gasteiger partial charge in [-0.25, -0.2) is 9.78 Å². The minimum Gasteiger partial charge on any atom is -0.481 e. The third kappa shape index (κ3) is 2.81. The highest BCUT2D eigenvalue weighted by Gasteiger charge is 2.43. The van der Waals surface area contributed by atoms with Crippen LogP contribution in [0.4, 0.5) is 4.79 Å². The van der Waals surface area contributed by atoms with Crippen LogP contribution in [-0.2, 0) is 6.42 Å². The molecule has 2 N–H and O–H groups in total. The van der Waals surface area contributed by atoms with Crippen LogP contribution in [0.2, 0.25) is 5.02 Å². The third-order valence-corrected chi connectivity index (χ3v) is 3.93. The molecular weight excluding hydrogens is 284 g/mol. The Labute approximate surface area is 121 Å². The molecule has 0 saturated carbocycles. The first-order valence-corrected chi connectivity index (χ1v) is 6.63. The van der Waals surface area contributed by atoms with Crippen molar-refractivity contribution >= 4 is 17.7 Å².